The fourth-order valence-corrected chi connectivity index (χ4v) is 9.54. The van der Waals surface area contributed by atoms with Crippen molar-refractivity contribution in [1.82, 2.24) is 15.0 Å². The summed E-state index contributed by atoms with van der Waals surface area (Å²) in [6.07, 6.45) is 0. The summed E-state index contributed by atoms with van der Waals surface area (Å²) in [4.78, 5) is 17.8. The van der Waals surface area contributed by atoms with Crippen LogP contribution in [0.4, 0.5) is 17.1 Å². The Morgan fingerprint density at radius 3 is 1.46 bits per heavy atom. The van der Waals surface area contributed by atoms with Crippen molar-refractivity contribution in [3.8, 4) is 67.5 Å². The summed E-state index contributed by atoms with van der Waals surface area (Å²) >= 11 is 0. The molecule has 0 aliphatic carbocycles. The maximum atomic E-state index is 6.83. The van der Waals surface area contributed by atoms with E-state index in [2.05, 4.69) is 220 Å². The van der Waals surface area contributed by atoms with Crippen LogP contribution in [0.15, 0.2) is 205 Å². The van der Waals surface area contributed by atoms with E-state index >= 15 is 0 Å². The van der Waals surface area contributed by atoms with Crippen LogP contribution in [0.2, 0.25) is 0 Å². The van der Waals surface area contributed by atoms with Gasteiger partial charge in [0.25, 0.3) is 0 Å². The number of hydrogen-bond acceptors (Lipinski definition) is 5. The van der Waals surface area contributed by atoms with E-state index in [4.69, 9.17) is 19.4 Å². The molecule has 5 nitrogen and oxygen atoms in total. The first kappa shape index (κ1) is 41.6. The molecular weight excluding hydrogens is 811 g/mol. The molecule has 0 spiro atoms. The highest BCUT2D eigenvalue weighted by Gasteiger charge is 2.22. The third kappa shape index (κ3) is 7.64. The first-order valence-corrected chi connectivity index (χ1v) is 22.9. The van der Waals surface area contributed by atoms with Gasteiger partial charge in [0, 0.05) is 50.1 Å². The fourth-order valence-electron chi connectivity index (χ4n) is 9.54. The van der Waals surface area contributed by atoms with Crippen molar-refractivity contribution in [3.63, 3.8) is 0 Å². The lowest BCUT2D eigenvalue weighted by Crippen LogP contribution is -2.55. The zero-order valence-corrected chi connectivity index (χ0v) is 38.2. The highest BCUT2D eigenvalue weighted by atomic mass is 16.3. The number of rotatable bonds is 9. The number of anilines is 3. The molecule has 0 saturated heterocycles. The van der Waals surface area contributed by atoms with E-state index in [1.165, 1.54) is 38.4 Å². The Labute approximate surface area is 395 Å². The molecular formula is C57H43B5N4O. The van der Waals surface area contributed by atoms with Gasteiger partial charge in [-0.05, 0) is 82.4 Å². The Hall–Kier alpha value is -8.09. The van der Waals surface area contributed by atoms with Gasteiger partial charge in [0.1, 0.15) is 50.4 Å². The van der Waals surface area contributed by atoms with Crippen LogP contribution in [-0.2, 0) is 0 Å². The van der Waals surface area contributed by atoms with Crippen molar-refractivity contribution in [1.29, 1.82) is 0 Å². The van der Waals surface area contributed by atoms with Gasteiger partial charge in [-0.25, -0.2) is 15.0 Å². The number of para-hydroxylation sites is 2. The molecule has 67 heavy (non-hydrogen) atoms. The topological polar surface area (TPSA) is 55.1 Å². The van der Waals surface area contributed by atoms with Gasteiger partial charge in [-0.1, -0.05) is 157 Å². The van der Waals surface area contributed by atoms with Gasteiger partial charge in [0.15, 0.2) is 17.5 Å². The molecule has 2 heterocycles. The molecule has 10 heteroatoms. The fraction of sp³-hybridized carbons (Fsp3) is 0. The minimum absolute atomic E-state index is 0.620. The van der Waals surface area contributed by atoms with E-state index in [1.807, 2.05) is 24.3 Å². The lowest BCUT2D eigenvalue weighted by Gasteiger charge is -2.26. The molecule has 0 aliphatic heterocycles. The summed E-state index contributed by atoms with van der Waals surface area (Å²) < 4.78 is 6.83. The zero-order chi connectivity index (χ0) is 45.6. The van der Waals surface area contributed by atoms with Crippen LogP contribution in [0.1, 0.15) is 0 Å². The number of furan rings is 1. The zero-order valence-electron chi connectivity index (χ0n) is 38.2. The summed E-state index contributed by atoms with van der Waals surface area (Å²) in [6.45, 7) is 0. The molecule has 0 N–H and O–H groups in total. The van der Waals surface area contributed by atoms with Crippen molar-refractivity contribution in [2.75, 3.05) is 4.90 Å². The maximum absolute atomic E-state index is 6.83. The number of benzene rings is 9. The minimum Gasteiger partial charge on any atom is -0.455 e. The lowest BCUT2D eigenvalue weighted by atomic mass is 9.60. The lowest BCUT2D eigenvalue weighted by molar-refractivity contribution is 0.670. The van der Waals surface area contributed by atoms with Gasteiger partial charge in [-0.2, -0.15) is 0 Å². The van der Waals surface area contributed by atoms with E-state index < -0.39 is 0 Å². The van der Waals surface area contributed by atoms with E-state index in [-0.39, 0.29) is 0 Å². The number of nitrogens with zero attached hydrogens (tertiary/aromatic N) is 4. The van der Waals surface area contributed by atoms with Crippen LogP contribution in [0.3, 0.4) is 0 Å². The first-order chi connectivity index (χ1) is 32.8. The molecule has 11 rings (SSSR count). The molecule has 0 aliphatic rings. The Morgan fingerprint density at radius 1 is 0.343 bits per heavy atom. The van der Waals surface area contributed by atoms with Crippen molar-refractivity contribution in [2.24, 2.45) is 0 Å². The van der Waals surface area contributed by atoms with E-state index in [0.717, 1.165) is 77.9 Å². The second-order valence-electron chi connectivity index (χ2n) is 17.3. The minimum atomic E-state index is 0.620. The van der Waals surface area contributed by atoms with Crippen molar-refractivity contribution in [3.05, 3.63) is 200 Å². The molecule has 11 aromatic rings. The largest absolute Gasteiger partial charge is 0.455 e. The maximum Gasteiger partial charge on any atom is 0.164 e. The van der Waals surface area contributed by atoms with Crippen LogP contribution in [0.5, 0.6) is 0 Å². The Kier molecular flexibility index (Phi) is 10.8. The van der Waals surface area contributed by atoms with Crippen molar-refractivity contribution < 1.29 is 4.42 Å². The van der Waals surface area contributed by atoms with Crippen LogP contribution >= 0.6 is 0 Å². The number of hydrogen-bond donors (Lipinski definition) is 0. The van der Waals surface area contributed by atoms with Crippen molar-refractivity contribution in [2.45, 2.75) is 0 Å². The normalized spacial score (nSPS) is 11.3. The van der Waals surface area contributed by atoms with Gasteiger partial charge < -0.3 is 9.32 Å². The average molecular weight is 854 g/mol. The number of aromatic nitrogens is 3. The second kappa shape index (κ2) is 17.4. The summed E-state index contributed by atoms with van der Waals surface area (Å²) in [6, 6.07) is 70.2. The molecule has 0 atom stereocenters. The summed E-state index contributed by atoms with van der Waals surface area (Å²) in [5.41, 5.74) is 20.6. The molecule has 0 saturated carbocycles. The third-order valence-corrected chi connectivity index (χ3v) is 13.5. The first-order valence-electron chi connectivity index (χ1n) is 22.9. The third-order valence-electron chi connectivity index (χ3n) is 13.5. The molecule has 0 unspecified atom stereocenters. The summed E-state index contributed by atoms with van der Waals surface area (Å²) in [7, 11) is 10.9. The van der Waals surface area contributed by atoms with E-state index in [1.54, 1.807) is 0 Å². The van der Waals surface area contributed by atoms with Gasteiger partial charge in [-0.15, -0.1) is 16.4 Å². The Morgan fingerprint density at radius 2 is 0.806 bits per heavy atom. The molecule has 0 fully saturated rings. The summed E-state index contributed by atoms with van der Waals surface area (Å²) in [5, 5.41) is 2.15. The highest BCUT2D eigenvalue weighted by Crippen LogP contribution is 2.43. The molecule has 0 radical (unpaired) electrons. The predicted molar refractivity (Wildman–Crippen MR) is 295 cm³/mol. The quantitative estimate of drug-likeness (QED) is 0.155. The van der Waals surface area contributed by atoms with Crippen LogP contribution in [0.25, 0.3) is 89.5 Å². The molecule has 9 aromatic carbocycles. The molecule has 0 amide bonds. The molecule has 2 aromatic heterocycles. The van der Waals surface area contributed by atoms with Crippen LogP contribution < -0.4 is 32.2 Å². The Bertz CT molecular complexity index is 3590. The second-order valence-corrected chi connectivity index (χ2v) is 17.3. The highest BCUT2D eigenvalue weighted by molar-refractivity contribution is 6.68. The Balaban J connectivity index is 1.00. The number of fused-ring (bicyclic) bond motifs is 3. The predicted octanol–water partition coefficient (Wildman–Crippen LogP) is 6.53. The SMILES string of the molecule is Bc1c(B)c(B)c(-c2nc(-c3ccccc3)nc(-c3cccc(-c4ccc(-c5ccc(N(c6ccccc6)c6ccc(-c7ccccc7)cc6)cc5)c5c4oc4ccccc45)c3)n2)c(B)c1B. The van der Waals surface area contributed by atoms with Gasteiger partial charge in [0.2, 0.25) is 0 Å². The van der Waals surface area contributed by atoms with Crippen molar-refractivity contribution >= 4 is 106 Å². The van der Waals surface area contributed by atoms with E-state index in [0.29, 0.717) is 17.5 Å². The van der Waals surface area contributed by atoms with Crippen LogP contribution in [-0.4, -0.2) is 54.2 Å². The average Bonchev–Trinajstić information content (AvgIpc) is 3.78. The van der Waals surface area contributed by atoms with E-state index in [9.17, 15) is 0 Å². The van der Waals surface area contributed by atoms with Gasteiger partial charge in [-0.3, -0.25) is 0 Å². The van der Waals surface area contributed by atoms with Gasteiger partial charge in [0.05, 0.1) is 0 Å². The summed E-state index contributed by atoms with van der Waals surface area (Å²) in [5.74, 6) is 1.94. The van der Waals surface area contributed by atoms with Gasteiger partial charge >= 0.3 is 0 Å². The smallest absolute Gasteiger partial charge is 0.164 e. The molecule has 312 valence electrons. The van der Waals surface area contributed by atoms with Crippen LogP contribution in [0, 0.1) is 0 Å². The monoisotopic (exact) mass is 854 g/mol. The standard InChI is InChI=1S/C57H43B5N4O/c58-49-48(50(59)52(61)53(62)51(49)60)57-64-55(37-15-6-2-7-16-37)63-56(65-57)39-18-12-17-38(33-39)44-32-31-43(47-45-21-10-11-22-46(45)67-54(44)47)36-25-29-42(30-26-36)66(40-19-8-3-9-20-40)41-27-23-35(24-28-41)34-13-4-1-5-14-34/h1-33H,58-62H2. The molecule has 0 bridgehead atoms.